The largest absolute Gasteiger partial charge is 0.458 e. The molecule has 1 N–H and O–H groups in total. The summed E-state index contributed by atoms with van der Waals surface area (Å²) in [5.41, 5.74) is 3.80. The molecule has 0 spiro atoms. The van der Waals surface area contributed by atoms with Crippen LogP contribution in [0.3, 0.4) is 0 Å². The van der Waals surface area contributed by atoms with Crippen LogP contribution < -0.4 is 0 Å². The van der Waals surface area contributed by atoms with Crippen LogP contribution in [0.4, 0.5) is 0 Å². The molecule has 0 aliphatic heterocycles. The summed E-state index contributed by atoms with van der Waals surface area (Å²) in [5, 5.41) is 0. The summed E-state index contributed by atoms with van der Waals surface area (Å²) in [6.45, 7) is 5.44. The van der Waals surface area contributed by atoms with Gasteiger partial charge in [0.05, 0.1) is 6.10 Å². The van der Waals surface area contributed by atoms with Crippen molar-refractivity contribution in [2.45, 2.75) is 45.6 Å². The lowest BCUT2D eigenvalue weighted by molar-refractivity contribution is 0.0370. The van der Waals surface area contributed by atoms with Gasteiger partial charge in [-0.05, 0) is 44.2 Å². The molecule has 2 aromatic rings. The van der Waals surface area contributed by atoms with Gasteiger partial charge in [0.1, 0.15) is 5.69 Å². The first kappa shape index (κ1) is 15.5. The lowest BCUT2D eigenvalue weighted by Gasteiger charge is -2.22. The Balaban J connectivity index is 1.93. The minimum absolute atomic E-state index is 0.0949. The topological polar surface area (TPSA) is 59.2 Å². The third kappa shape index (κ3) is 2.93. The molecule has 1 aromatic heterocycles. The molecule has 1 heterocycles. The smallest absolute Gasteiger partial charge is 0.355 e. The van der Waals surface area contributed by atoms with E-state index in [9.17, 15) is 9.59 Å². The highest BCUT2D eigenvalue weighted by Crippen LogP contribution is 2.35. The molecular formula is C19H21NO3. The van der Waals surface area contributed by atoms with Crippen LogP contribution in [0, 0.1) is 6.92 Å². The summed E-state index contributed by atoms with van der Waals surface area (Å²) in [7, 11) is 0. The van der Waals surface area contributed by atoms with Gasteiger partial charge in [-0.1, -0.05) is 30.3 Å². The van der Waals surface area contributed by atoms with Crippen LogP contribution in [-0.2, 0) is 11.2 Å². The first-order valence-electron chi connectivity index (χ1n) is 7.98. The summed E-state index contributed by atoms with van der Waals surface area (Å²) in [6.07, 6.45) is 1.03. The van der Waals surface area contributed by atoms with Crippen molar-refractivity contribution in [3.05, 3.63) is 58.4 Å². The average Bonchev–Trinajstić information content (AvgIpc) is 2.85. The van der Waals surface area contributed by atoms with E-state index in [1.165, 1.54) is 0 Å². The number of carbonyl (C=O) groups excluding carboxylic acids is 2. The Morgan fingerprint density at radius 1 is 1.22 bits per heavy atom. The van der Waals surface area contributed by atoms with E-state index in [0.717, 1.165) is 17.7 Å². The molecule has 0 amide bonds. The van der Waals surface area contributed by atoms with E-state index < -0.39 is 5.97 Å². The zero-order chi connectivity index (χ0) is 16.6. The Labute approximate surface area is 135 Å². The number of ketones is 1. The second-order valence-corrected chi connectivity index (χ2v) is 6.37. The van der Waals surface area contributed by atoms with Crippen molar-refractivity contribution in [1.29, 1.82) is 0 Å². The summed E-state index contributed by atoms with van der Waals surface area (Å²) < 4.78 is 5.26. The Bertz CT molecular complexity index is 743. The van der Waals surface area contributed by atoms with Crippen LogP contribution in [0.15, 0.2) is 30.3 Å². The Hall–Kier alpha value is -2.36. The van der Waals surface area contributed by atoms with E-state index in [0.29, 0.717) is 23.2 Å². The van der Waals surface area contributed by atoms with Crippen LogP contribution in [0.25, 0.3) is 0 Å². The first-order valence-corrected chi connectivity index (χ1v) is 7.98. The minimum atomic E-state index is -0.393. The number of rotatable bonds is 3. The van der Waals surface area contributed by atoms with Crippen LogP contribution in [0.2, 0.25) is 0 Å². The monoisotopic (exact) mass is 311 g/mol. The summed E-state index contributed by atoms with van der Waals surface area (Å²) >= 11 is 0. The zero-order valence-corrected chi connectivity index (χ0v) is 13.7. The lowest BCUT2D eigenvalue weighted by atomic mass is 9.81. The van der Waals surface area contributed by atoms with Gasteiger partial charge in [-0.25, -0.2) is 4.79 Å². The predicted molar refractivity (Wildman–Crippen MR) is 87.9 cm³/mol. The molecule has 0 saturated heterocycles. The maximum atomic E-state index is 12.6. The molecule has 1 aliphatic carbocycles. The molecule has 0 fully saturated rings. The van der Waals surface area contributed by atoms with Gasteiger partial charge in [0.2, 0.25) is 0 Å². The number of fused-ring (bicyclic) bond motifs is 1. The standard InChI is InChI=1S/C19H21NO3/c1-11(2)23-19(22)18-12(3)17-15(20-18)9-14(10-16(17)21)13-7-5-4-6-8-13/h4-8,11,14,20H,9-10H2,1-3H3/t14-/m0/s1. The summed E-state index contributed by atoms with van der Waals surface area (Å²) in [4.78, 5) is 27.9. The number of nitrogens with one attached hydrogen (secondary N) is 1. The Morgan fingerprint density at radius 3 is 2.57 bits per heavy atom. The number of benzene rings is 1. The van der Waals surface area contributed by atoms with Crippen molar-refractivity contribution in [2.24, 2.45) is 0 Å². The zero-order valence-electron chi connectivity index (χ0n) is 13.7. The second kappa shape index (κ2) is 6.03. The summed E-state index contributed by atoms with van der Waals surface area (Å²) in [6, 6.07) is 10.0. The number of aromatic amines is 1. The maximum Gasteiger partial charge on any atom is 0.355 e. The SMILES string of the molecule is Cc1c(C(=O)OC(C)C)[nH]c2c1C(=O)C[C@@H](c1ccccc1)C2. The summed E-state index contributed by atoms with van der Waals surface area (Å²) in [5.74, 6) is -0.142. The number of ether oxygens (including phenoxy) is 1. The van der Waals surface area contributed by atoms with Crippen molar-refractivity contribution in [3.63, 3.8) is 0 Å². The molecule has 0 radical (unpaired) electrons. The molecule has 0 unspecified atom stereocenters. The van der Waals surface area contributed by atoms with Gasteiger partial charge in [0.25, 0.3) is 0 Å². The van der Waals surface area contributed by atoms with Crippen molar-refractivity contribution >= 4 is 11.8 Å². The van der Waals surface area contributed by atoms with Gasteiger partial charge >= 0.3 is 5.97 Å². The Morgan fingerprint density at radius 2 is 1.91 bits per heavy atom. The van der Waals surface area contributed by atoms with Crippen molar-refractivity contribution < 1.29 is 14.3 Å². The van der Waals surface area contributed by atoms with Gasteiger partial charge in [-0.2, -0.15) is 0 Å². The number of hydrogen-bond donors (Lipinski definition) is 1. The van der Waals surface area contributed by atoms with E-state index in [1.54, 1.807) is 0 Å². The highest BCUT2D eigenvalue weighted by atomic mass is 16.5. The van der Waals surface area contributed by atoms with E-state index >= 15 is 0 Å². The van der Waals surface area contributed by atoms with Crippen LogP contribution >= 0.6 is 0 Å². The number of esters is 1. The third-order valence-electron chi connectivity index (χ3n) is 4.31. The quantitative estimate of drug-likeness (QED) is 0.877. The minimum Gasteiger partial charge on any atom is -0.458 e. The number of H-pyrrole nitrogens is 1. The second-order valence-electron chi connectivity index (χ2n) is 6.37. The molecule has 1 atom stereocenters. The number of hydrogen-bond acceptors (Lipinski definition) is 3. The number of carbonyl (C=O) groups is 2. The molecule has 0 bridgehead atoms. The number of Topliss-reactive ketones (excluding diaryl/α,β-unsaturated/α-hetero) is 1. The molecule has 4 nitrogen and oxygen atoms in total. The molecule has 3 rings (SSSR count). The van der Waals surface area contributed by atoms with Gasteiger partial charge in [-0.3, -0.25) is 4.79 Å². The fraction of sp³-hybridized carbons (Fsp3) is 0.368. The molecule has 120 valence electrons. The molecule has 1 aromatic carbocycles. The van der Waals surface area contributed by atoms with Crippen LogP contribution in [0.1, 0.15) is 63.9 Å². The lowest BCUT2D eigenvalue weighted by Crippen LogP contribution is -2.18. The van der Waals surface area contributed by atoms with Crippen LogP contribution in [-0.4, -0.2) is 22.8 Å². The fourth-order valence-corrected chi connectivity index (χ4v) is 3.27. The van der Waals surface area contributed by atoms with Crippen molar-refractivity contribution in [2.75, 3.05) is 0 Å². The van der Waals surface area contributed by atoms with Gasteiger partial charge in [0.15, 0.2) is 5.78 Å². The molecule has 23 heavy (non-hydrogen) atoms. The number of aromatic nitrogens is 1. The Kier molecular flexibility index (Phi) is 4.07. The third-order valence-corrected chi connectivity index (χ3v) is 4.31. The molecular weight excluding hydrogens is 290 g/mol. The molecule has 4 heteroatoms. The van der Waals surface area contributed by atoms with E-state index in [1.807, 2.05) is 51.1 Å². The average molecular weight is 311 g/mol. The van der Waals surface area contributed by atoms with Crippen molar-refractivity contribution in [3.8, 4) is 0 Å². The van der Waals surface area contributed by atoms with Crippen LogP contribution in [0.5, 0.6) is 0 Å². The van der Waals surface area contributed by atoms with E-state index in [2.05, 4.69) is 4.98 Å². The maximum absolute atomic E-state index is 12.6. The normalized spacial score (nSPS) is 17.2. The van der Waals surface area contributed by atoms with Gasteiger partial charge < -0.3 is 9.72 Å². The fourth-order valence-electron chi connectivity index (χ4n) is 3.27. The molecule has 1 aliphatic rings. The molecule has 0 saturated carbocycles. The highest BCUT2D eigenvalue weighted by Gasteiger charge is 2.32. The van der Waals surface area contributed by atoms with Gasteiger partial charge in [-0.15, -0.1) is 0 Å². The first-order chi connectivity index (χ1) is 11.0. The predicted octanol–water partition coefficient (Wildman–Crippen LogP) is 3.80. The van der Waals surface area contributed by atoms with Crippen molar-refractivity contribution in [1.82, 2.24) is 4.98 Å². The van der Waals surface area contributed by atoms with E-state index in [-0.39, 0.29) is 17.8 Å². The van der Waals surface area contributed by atoms with Gasteiger partial charge in [0, 0.05) is 17.7 Å². The highest BCUT2D eigenvalue weighted by molar-refractivity contribution is 6.03. The van der Waals surface area contributed by atoms with E-state index in [4.69, 9.17) is 4.74 Å².